The summed E-state index contributed by atoms with van der Waals surface area (Å²) in [7, 11) is 0. The molecule has 76 valence electrons. The fourth-order valence-corrected chi connectivity index (χ4v) is 2.59. The van der Waals surface area contributed by atoms with Crippen molar-refractivity contribution >= 4 is 11.8 Å². The molecule has 0 aromatic heterocycles. The Labute approximate surface area is 94.0 Å². The predicted octanol–water partition coefficient (Wildman–Crippen LogP) is 2.18. The topological polar surface area (TPSA) is 35.8 Å². The molecule has 2 nitrogen and oxygen atoms in total. The Morgan fingerprint density at radius 3 is 2.67 bits per heavy atom. The maximum atomic E-state index is 8.67. The first kappa shape index (κ1) is 10.3. The van der Waals surface area contributed by atoms with E-state index in [0.717, 1.165) is 13.1 Å². The maximum absolute atomic E-state index is 8.67. The molecule has 1 atom stereocenters. The van der Waals surface area contributed by atoms with Crippen LogP contribution >= 0.6 is 11.8 Å². The van der Waals surface area contributed by atoms with Crippen LogP contribution in [-0.2, 0) is 0 Å². The van der Waals surface area contributed by atoms with E-state index in [4.69, 9.17) is 5.26 Å². The van der Waals surface area contributed by atoms with Crippen LogP contribution in [0.25, 0.3) is 0 Å². The summed E-state index contributed by atoms with van der Waals surface area (Å²) in [6.07, 6.45) is 0. The SMILES string of the molecule is C=C1CNC[C@@H]1Sc1ccc(C#N)cc1. The van der Waals surface area contributed by atoms with Crippen LogP contribution in [0.1, 0.15) is 5.56 Å². The van der Waals surface area contributed by atoms with Gasteiger partial charge < -0.3 is 5.32 Å². The molecular weight excluding hydrogens is 204 g/mol. The Bertz CT molecular complexity index is 403. The van der Waals surface area contributed by atoms with Gasteiger partial charge in [0.1, 0.15) is 0 Å². The van der Waals surface area contributed by atoms with Gasteiger partial charge in [-0.25, -0.2) is 0 Å². The van der Waals surface area contributed by atoms with Gasteiger partial charge in [-0.15, -0.1) is 11.8 Å². The Morgan fingerprint density at radius 1 is 1.40 bits per heavy atom. The van der Waals surface area contributed by atoms with Crippen molar-refractivity contribution in [1.82, 2.24) is 5.32 Å². The van der Waals surface area contributed by atoms with Crippen molar-refractivity contribution in [3.63, 3.8) is 0 Å². The summed E-state index contributed by atoms with van der Waals surface area (Å²) in [6, 6.07) is 9.82. The first-order valence-corrected chi connectivity index (χ1v) is 5.73. The van der Waals surface area contributed by atoms with Crippen molar-refractivity contribution in [2.75, 3.05) is 13.1 Å². The molecule has 1 heterocycles. The summed E-state index contributed by atoms with van der Waals surface area (Å²) in [5, 5.41) is 12.4. The van der Waals surface area contributed by atoms with Crippen molar-refractivity contribution in [3.05, 3.63) is 42.0 Å². The van der Waals surface area contributed by atoms with Gasteiger partial charge in [0.15, 0.2) is 0 Å². The van der Waals surface area contributed by atoms with Crippen LogP contribution in [0.3, 0.4) is 0 Å². The molecule has 0 radical (unpaired) electrons. The molecule has 1 aromatic carbocycles. The van der Waals surface area contributed by atoms with Crippen LogP contribution < -0.4 is 5.32 Å². The number of nitrogens with zero attached hydrogens (tertiary/aromatic N) is 1. The van der Waals surface area contributed by atoms with Crippen LogP contribution in [0.4, 0.5) is 0 Å². The number of nitrogens with one attached hydrogen (secondary N) is 1. The first-order chi connectivity index (χ1) is 7.29. The van der Waals surface area contributed by atoms with E-state index >= 15 is 0 Å². The van der Waals surface area contributed by atoms with Crippen LogP contribution in [0, 0.1) is 11.3 Å². The minimum atomic E-state index is 0.470. The lowest BCUT2D eigenvalue weighted by Crippen LogP contribution is -2.09. The molecule has 0 unspecified atom stereocenters. The third kappa shape index (κ3) is 2.41. The van der Waals surface area contributed by atoms with Crippen LogP contribution in [-0.4, -0.2) is 18.3 Å². The second-order valence-corrected chi connectivity index (χ2v) is 4.81. The van der Waals surface area contributed by atoms with E-state index in [0.29, 0.717) is 10.8 Å². The third-order valence-corrected chi connectivity index (χ3v) is 3.73. The number of benzene rings is 1. The van der Waals surface area contributed by atoms with E-state index in [1.54, 1.807) is 0 Å². The molecule has 1 aromatic rings. The Kier molecular flexibility index (Phi) is 3.10. The fourth-order valence-electron chi connectivity index (χ4n) is 1.52. The van der Waals surface area contributed by atoms with Crippen LogP contribution in [0.15, 0.2) is 41.3 Å². The summed E-state index contributed by atoms with van der Waals surface area (Å²) in [6.45, 7) is 5.94. The Hall–Kier alpha value is -1.24. The van der Waals surface area contributed by atoms with Crippen LogP contribution in [0.5, 0.6) is 0 Å². The van der Waals surface area contributed by atoms with Crippen molar-refractivity contribution in [3.8, 4) is 6.07 Å². The highest BCUT2D eigenvalue weighted by atomic mass is 32.2. The van der Waals surface area contributed by atoms with Gasteiger partial charge in [-0.1, -0.05) is 6.58 Å². The largest absolute Gasteiger partial charge is 0.312 e. The van der Waals surface area contributed by atoms with Crippen LogP contribution in [0.2, 0.25) is 0 Å². The van der Waals surface area contributed by atoms with E-state index in [9.17, 15) is 0 Å². The summed E-state index contributed by atoms with van der Waals surface area (Å²) >= 11 is 1.81. The minimum Gasteiger partial charge on any atom is -0.312 e. The van der Waals surface area contributed by atoms with Crippen molar-refractivity contribution in [2.24, 2.45) is 0 Å². The minimum absolute atomic E-state index is 0.470. The molecule has 0 spiro atoms. The summed E-state index contributed by atoms with van der Waals surface area (Å²) in [5.41, 5.74) is 1.96. The molecule has 1 aliphatic heterocycles. The van der Waals surface area contributed by atoms with Gasteiger partial charge in [-0.2, -0.15) is 5.26 Å². The molecule has 1 fully saturated rings. The summed E-state index contributed by atoms with van der Waals surface area (Å²) < 4.78 is 0. The fraction of sp³-hybridized carbons (Fsp3) is 0.250. The van der Waals surface area contributed by atoms with Crippen molar-refractivity contribution in [1.29, 1.82) is 5.26 Å². The smallest absolute Gasteiger partial charge is 0.0991 e. The second kappa shape index (κ2) is 4.52. The van der Waals surface area contributed by atoms with Gasteiger partial charge in [0.25, 0.3) is 0 Å². The highest BCUT2D eigenvalue weighted by molar-refractivity contribution is 8.00. The van der Waals surface area contributed by atoms with Gasteiger partial charge >= 0.3 is 0 Å². The van der Waals surface area contributed by atoms with Gasteiger partial charge in [-0.05, 0) is 29.8 Å². The Morgan fingerprint density at radius 2 is 2.13 bits per heavy atom. The molecule has 0 aliphatic carbocycles. The standard InChI is InChI=1S/C12H12N2S/c1-9-7-14-8-12(9)15-11-4-2-10(6-13)3-5-11/h2-5,12,14H,1,7-8H2/t12-/m0/s1. The molecule has 1 N–H and O–H groups in total. The first-order valence-electron chi connectivity index (χ1n) is 4.85. The normalized spacial score (nSPS) is 20.2. The van der Waals surface area contributed by atoms with E-state index in [1.807, 2.05) is 36.0 Å². The molecular formula is C12H12N2S. The number of hydrogen-bond acceptors (Lipinski definition) is 3. The predicted molar refractivity (Wildman–Crippen MR) is 62.8 cm³/mol. The molecule has 0 bridgehead atoms. The number of rotatable bonds is 2. The van der Waals surface area contributed by atoms with E-state index in [2.05, 4.69) is 18.0 Å². The number of hydrogen-bond donors (Lipinski definition) is 1. The second-order valence-electron chi connectivity index (χ2n) is 3.53. The molecule has 1 aliphatic rings. The Balaban J connectivity index is 2.05. The average Bonchev–Trinajstić information content (AvgIpc) is 2.66. The van der Waals surface area contributed by atoms with E-state index in [-0.39, 0.29) is 0 Å². The quantitative estimate of drug-likeness (QED) is 0.770. The zero-order valence-corrected chi connectivity index (χ0v) is 9.18. The molecule has 3 heteroatoms. The maximum Gasteiger partial charge on any atom is 0.0991 e. The third-order valence-electron chi connectivity index (χ3n) is 2.40. The lowest BCUT2D eigenvalue weighted by atomic mass is 10.2. The van der Waals surface area contributed by atoms with E-state index in [1.165, 1.54) is 10.5 Å². The molecule has 0 amide bonds. The highest BCUT2D eigenvalue weighted by Crippen LogP contribution is 2.29. The molecule has 2 rings (SSSR count). The number of nitriles is 1. The monoisotopic (exact) mass is 216 g/mol. The molecule has 0 saturated carbocycles. The van der Waals surface area contributed by atoms with Gasteiger partial charge in [-0.3, -0.25) is 0 Å². The van der Waals surface area contributed by atoms with Crippen molar-refractivity contribution < 1.29 is 0 Å². The molecule has 1 saturated heterocycles. The average molecular weight is 216 g/mol. The zero-order valence-electron chi connectivity index (χ0n) is 8.36. The van der Waals surface area contributed by atoms with E-state index < -0.39 is 0 Å². The summed E-state index contributed by atoms with van der Waals surface area (Å²) in [5.74, 6) is 0. The van der Waals surface area contributed by atoms with Gasteiger partial charge in [0.2, 0.25) is 0 Å². The number of thioether (sulfide) groups is 1. The lowest BCUT2D eigenvalue weighted by molar-refractivity contribution is 0.867. The lowest BCUT2D eigenvalue weighted by Gasteiger charge is -2.09. The highest BCUT2D eigenvalue weighted by Gasteiger charge is 2.19. The van der Waals surface area contributed by atoms with Gasteiger partial charge in [0.05, 0.1) is 11.6 Å². The van der Waals surface area contributed by atoms with Gasteiger partial charge in [0, 0.05) is 23.2 Å². The molecule has 15 heavy (non-hydrogen) atoms. The zero-order chi connectivity index (χ0) is 10.7. The van der Waals surface area contributed by atoms with Crippen molar-refractivity contribution in [2.45, 2.75) is 10.1 Å². The summed E-state index contributed by atoms with van der Waals surface area (Å²) in [4.78, 5) is 1.20.